The highest BCUT2D eigenvalue weighted by atomic mass is 14.4. The molecule has 144 valence electrons. The summed E-state index contributed by atoms with van der Waals surface area (Å²) in [5.41, 5.74) is 5.74. The third-order valence-corrected chi connectivity index (χ3v) is 5.45. The average molecular weight is 369 g/mol. The normalized spacial score (nSPS) is 13.1. The van der Waals surface area contributed by atoms with Crippen molar-refractivity contribution >= 4 is 21.5 Å². The van der Waals surface area contributed by atoms with Crippen LogP contribution in [-0.2, 0) is 5.41 Å². The van der Waals surface area contributed by atoms with E-state index in [1.165, 1.54) is 50.2 Å². The van der Waals surface area contributed by atoms with E-state index >= 15 is 0 Å². The van der Waals surface area contributed by atoms with E-state index < -0.39 is 0 Å². The van der Waals surface area contributed by atoms with Gasteiger partial charge in [0.15, 0.2) is 0 Å². The molecule has 0 nitrogen and oxygen atoms in total. The van der Waals surface area contributed by atoms with Crippen LogP contribution in [0.3, 0.4) is 0 Å². The van der Waals surface area contributed by atoms with E-state index in [1.54, 1.807) is 0 Å². The first-order valence-electron chi connectivity index (χ1n) is 10.6. The van der Waals surface area contributed by atoms with E-state index in [-0.39, 0.29) is 5.41 Å². The minimum absolute atomic E-state index is 0.0665. The van der Waals surface area contributed by atoms with Crippen molar-refractivity contribution in [3.8, 4) is 11.1 Å². The zero-order valence-corrected chi connectivity index (χ0v) is 18.1. The third kappa shape index (κ3) is 3.22. The molecule has 0 bridgehead atoms. The van der Waals surface area contributed by atoms with Crippen LogP contribution in [-0.4, -0.2) is 0 Å². The van der Waals surface area contributed by atoms with Gasteiger partial charge >= 0.3 is 0 Å². The molecule has 28 heavy (non-hydrogen) atoms. The fourth-order valence-electron chi connectivity index (χ4n) is 4.20. The number of hydrogen-bond donors (Lipinski definition) is 0. The van der Waals surface area contributed by atoms with Crippen LogP contribution in [0.2, 0.25) is 0 Å². The summed E-state index contributed by atoms with van der Waals surface area (Å²) in [6.45, 7) is 12.9. The van der Waals surface area contributed by atoms with Crippen LogP contribution in [0.1, 0.15) is 59.1 Å². The molecule has 0 heteroatoms. The number of benzene rings is 4. The molecule has 5 rings (SSSR count). The van der Waals surface area contributed by atoms with Crippen molar-refractivity contribution in [1.82, 2.24) is 0 Å². The van der Waals surface area contributed by atoms with E-state index in [1.807, 2.05) is 13.8 Å². The molecule has 0 saturated heterocycles. The lowest BCUT2D eigenvalue weighted by Crippen LogP contribution is -2.14. The van der Waals surface area contributed by atoms with Crippen molar-refractivity contribution in [3.63, 3.8) is 0 Å². The van der Waals surface area contributed by atoms with E-state index in [2.05, 4.69) is 100 Å². The molecule has 0 heterocycles. The van der Waals surface area contributed by atoms with Gasteiger partial charge < -0.3 is 0 Å². The van der Waals surface area contributed by atoms with Gasteiger partial charge in [-0.05, 0) is 55.9 Å². The Morgan fingerprint density at radius 1 is 0.607 bits per heavy atom. The van der Waals surface area contributed by atoms with Gasteiger partial charge in [-0.25, -0.2) is 0 Å². The van der Waals surface area contributed by atoms with Crippen LogP contribution in [0.4, 0.5) is 0 Å². The maximum atomic E-state index is 2.42. The van der Waals surface area contributed by atoms with E-state index in [0.29, 0.717) is 0 Å². The fourth-order valence-corrected chi connectivity index (χ4v) is 4.20. The summed E-state index contributed by atoms with van der Waals surface area (Å²) in [6, 6.07) is 26.8. The zero-order chi connectivity index (χ0) is 20.3. The topological polar surface area (TPSA) is 0 Å². The van der Waals surface area contributed by atoms with Gasteiger partial charge in [-0.1, -0.05) is 109 Å². The Kier molecular flexibility index (Phi) is 5.89. The first kappa shape index (κ1) is 20.1. The second-order valence-corrected chi connectivity index (χ2v) is 7.78. The first-order chi connectivity index (χ1) is 13.6. The summed E-state index contributed by atoms with van der Waals surface area (Å²) >= 11 is 0. The van der Waals surface area contributed by atoms with Crippen LogP contribution in [0.25, 0.3) is 32.7 Å². The van der Waals surface area contributed by atoms with Crippen LogP contribution >= 0.6 is 0 Å². The quantitative estimate of drug-likeness (QED) is 0.272. The van der Waals surface area contributed by atoms with Crippen molar-refractivity contribution in [2.24, 2.45) is 0 Å². The van der Waals surface area contributed by atoms with Crippen molar-refractivity contribution in [3.05, 3.63) is 83.9 Å². The predicted octanol–water partition coefficient (Wildman–Crippen LogP) is 8.74. The average Bonchev–Trinajstić information content (AvgIpc) is 2.96. The van der Waals surface area contributed by atoms with Crippen LogP contribution in [0.5, 0.6) is 0 Å². The summed E-state index contributed by atoms with van der Waals surface area (Å²) in [4.78, 5) is 0. The molecule has 0 saturated carbocycles. The molecule has 0 aromatic heterocycles. The van der Waals surface area contributed by atoms with Gasteiger partial charge in [0.2, 0.25) is 0 Å². The van der Waals surface area contributed by atoms with Gasteiger partial charge in [-0.2, -0.15) is 0 Å². The highest BCUT2D eigenvalue weighted by Crippen LogP contribution is 2.50. The van der Waals surface area contributed by atoms with Crippen molar-refractivity contribution in [1.29, 1.82) is 0 Å². The van der Waals surface area contributed by atoms with E-state index in [0.717, 1.165) is 0 Å². The highest BCUT2D eigenvalue weighted by molar-refractivity contribution is 6.09. The molecule has 0 amide bonds. The number of rotatable bonds is 0. The number of hydrogen-bond acceptors (Lipinski definition) is 0. The zero-order valence-electron chi connectivity index (χ0n) is 18.1. The van der Waals surface area contributed by atoms with Gasteiger partial charge in [0.05, 0.1) is 0 Å². The lowest BCUT2D eigenvalue weighted by Gasteiger charge is -2.21. The standard InChI is InChI=1S/C23H18.C3H8.C2H6/c1-23(2)21-10-6-5-9-18(21)20-13-16-12-11-15-7-3-4-8-17(15)19(16)14-22(20)23;1-3-2;1-2/h3-14H,1-2H3;3H2,1-2H3;1-2H3. The lowest BCUT2D eigenvalue weighted by atomic mass is 9.81. The SMILES string of the molecule is CC.CC1(C)c2ccccc2-c2cc3ccc4ccccc4c3cc21.CCC. The maximum Gasteiger partial charge on any atom is 0.0159 e. The molecule has 0 aliphatic heterocycles. The van der Waals surface area contributed by atoms with E-state index in [9.17, 15) is 0 Å². The van der Waals surface area contributed by atoms with Gasteiger partial charge in [0.1, 0.15) is 0 Å². The Labute approximate surface area is 170 Å². The Balaban J connectivity index is 0.000000414. The van der Waals surface area contributed by atoms with Crippen LogP contribution in [0, 0.1) is 0 Å². The molecule has 4 aromatic carbocycles. The second-order valence-electron chi connectivity index (χ2n) is 7.78. The Hall–Kier alpha value is -2.60. The maximum absolute atomic E-state index is 2.42. The third-order valence-electron chi connectivity index (χ3n) is 5.45. The summed E-state index contributed by atoms with van der Waals surface area (Å²) < 4.78 is 0. The molecule has 4 aromatic rings. The molecule has 0 N–H and O–H groups in total. The van der Waals surface area contributed by atoms with Gasteiger partial charge in [-0.15, -0.1) is 0 Å². The highest BCUT2D eigenvalue weighted by Gasteiger charge is 2.35. The molecule has 1 aliphatic carbocycles. The molecule has 1 aliphatic rings. The molecule has 0 fully saturated rings. The summed E-state index contributed by atoms with van der Waals surface area (Å²) in [5.74, 6) is 0. The predicted molar refractivity (Wildman–Crippen MR) is 126 cm³/mol. The molecule has 0 unspecified atom stereocenters. The monoisotopic (exact) mass is 368 g/mol. The Morgan fingerprint density at radius 3 is 1.96 bits per heavy atom. The molecule has 0 spiro atoms. The molecular formula is C28H32. The van der Waals surface area contributed by atoms with E-state index in [4.69, 9.17) is 0 Å². The van der Waals surface area contributed by atoms with Crippen LogP contribution in [0.15, 0.2) is 72.8 Å². The minimum Gasteiger partial charge on any atom is -0.0683 e. The smallest absolute Gasteiger partial charge is 0.0159 e. The first-order valence-corrected chi connectivity index (χ1v) is 10.6. The largest absolute Gasteiger partial charge is 0.0683 e. The summed E-state index contributed by atoms with van der Waals surface area (Å²) in [7, 11) is 0. The Morgan fingerprint density at radius 2 is 1.21 bits per heavy atom. The fraction of sp³-hybridized carbons (Fsp3) is 0.286. The summed E-state index contributed by atoms with van der Waals surface area (Å²) in [5, 5.41) is 5.35. The Bertz CT molecular complexity index is 1100. The van der Waals surface area contributed by atoms with Crippen LogP contribution < -0.4 is 0 Å². The van der Waals surface area contributed by atoms with Gasteiger partial charge in [0.25, 0.3) is 0 Å². The lowest BCUT2D eigenvalue weighted by molar-refractivity contribution is 0.661. The second kappa shape index (κ2) is 8.19. The van der Waals surface area contributed by atoms with Crippen molar-refractivity contribution < 1.29 is 0 Å². The van der Waals surface area contributed by atoms with Gasteiger partial charge in [-0.3, -0.25) is 0 Å². The minimum atomic E-state index is 0.0665. The van der Waals surface area contributed by atoms with Crippen molar-refractivity contribution in [2.45, 2.75) is 53.4 Å². The molecule has 0 atom stereocenters. The molecule has 0 radical (unpaired) electrons. The van der Waals surface area contributed by atoms with Gasteiger partial charge in [0, 0.05) is 5.41 Å². The van der Waals surface area contributed by atoms with Crippen molar-refractivity contribution in [2.75, 3.05) is 0 Å². The molecular weight excluding hydrogens is 336 g/mol. The number of fused-ring (bicyclic) bond motifs is 6. The summed E-state index contributed by atoms with van der Waals surface area (Å²) in [6.07, 6.45) is 1.25.